The van der Waals surface area contributed by atoms with Gasteiger partial charge in [0, 0.05) is 6.08 Å². The van der Waals surface area contributed by atoms with Crippen molar-refractivity contribution in [2.24, 2.45) is 17.8 Å². The van der Waals surface area contributed by atoms with Gasteiger partial charge in [0.05, 0.1) is 18.4 Å². The van der Waals surface area contributed by atoms with Crippen LogP contribution in [0.5, 0.6) is 0 Å². The molecule has 4 unspecified atom stereocenters. The van der Waals surface area contributed by atoms with Gasteiger partial charge >= 0.3 is 17.9 Å². The molecule has 1 heterocycles. The van der Waals surface area contributed by atoms with E-state index in [1.54, 1.807) is 0 Å². The Hall–Kier alpha value is -2.15. The van der Waals surface area contributed by atoms with Gasteiger partial charge in [-0.1, -0.05) is 25.7 Å². The van der Waals surface area contributed by atoms with E-state index in [2.05, 4.69) is 6.58 Å². The molecule has 24 heavy (non-hydrogen) atoms. The van der Waals surface area contributed by atoms with Gasteiger partial charge in [0.25, 0.3) is 0 Å². The van der Waals surface area contributed by atoms with Crippen molar-refractivity contribution in [3.63, 3.8) is 0 Å². The fourth-order valence-corrected chi connectivity index (χ4v) is 2.58. The zero-order chi connectivity index (χ0) is 17.5. The van der Waals surface area contributed by atoms with E-state index in [4.69, 9.17) is 18.9 Å². The Morgan fingerprint density at radius 2 is 1.92 bits per heavy atom. The minimum Gasteiger partial charge on any atom is -0.463 e. The molecular formula is C17H22O7. The Labute approximate surface area is 140 Å². The van der Waals surface area contributed by atoms with Crippen LogP contribution in [0.3, 0.4) is 0 Å². The molecule has 7 nitrogen and oxygen atoms in total. The van der Waals surface area contributed by atoms with Crippen LogP contribution in [0.4, 0.5) is 0 Å². The number of hydrogen-bond donors (Lipinski definition) is 0. The SMILES string of the molecule is C=CC(=O)OCCOC(=O)C1C(C)C=CCC1C(=O)OCC1CO1. The molecule has 0 saturated carbocycles. The summed E-state index contributed by atoms with van der Waals surface area (Å²) in [6.45, 7) is 5.82. The number of esters is 3. The van der Waals surface area contributed by atoms with Crippen LogP contribution in [0, 0.1) is 17.8 Å². The maximum atomic E-state index is 12.3. The normalized spacial score (nSPS) is 27.9. The van der Waals surface area contributed by atoms with Crippen LogP contribution >= 0.6 is 0 Å². The molecule has 0 radical (unpaired) electrons. The lowest BCUT2D eigenvalue weighted by molar-refractivity contribution is -0.164. The Balaban J connectivity index is 1.86. The van der Waals surface area contributed by atoms with E-state index < -0.39 is 29.7 Å². The fraction of sp³-hybridized carbons (Fsp3) is 0.588. The molecule has 0 aromatic heterocycles. The second kappa shape index (κ2) is 8.63. The zero-order valence-corrected chi connectivity index (χ0v) is 13.6. The first-order valence-electron chi connectivity index (χ1n) is 7.93. The third-order valence-electron chi connectivity index (χ3n) is 3.96. The number of hydrogen-bond acceptors (Lipinski definition) is 7. The Morgan fingerprint density at radius 1 is 1.21 bits per heavy atom. The molecule has 0 N–H and O–H groups in total. The first kappa shape index (κ1) is 18.2. The first-order valence-corrected chi connectivity index (χ1v) is 7.93. The van der Waals surface area contributed by atoms with E-state index in [0.29, 0.717) is 13.0 Å². The molecule has 0 amide bonds. The van der Waals surface area contributed by atoms with Gasteiger partial charge < -0.3 is 18.9 Å². The Kier molecular flexibility index (Phi) is 6.54. The van der Waals surface area contributed by atoms with E-state index in [9.17, 15) is 14.4 Å². The maximum Gasteiger partial charge on any atom is 0.330 e. The van der Waals surface area contributed by atoms with Gasteiger partial charge in [-0.05, 0) is 12.3 Å². The standard InChI is InChI=1S/C17H22O7/c1-3-14(18)21-7-8-22-17(20)15-11(2)5-4-6-13(15)16(19)24-10-12-9-23-12/h3-5,11-13,15H,1,6-10H2,2H3. The molecule has 7 heteroatoms. The van der Waals surface area contributed by atoms with Gasteiger partial charge in [0.15, 0.2) is 0 Å². The maximum absolute atomic E-state index is 12.3. The number of carbonyl (C=O) groups excluding carboxylic acids is 3. The second-order valence-electron chi connectivity index (χ2n) is 5.78. The topological polar surface area (TPSA) is 91.4 Å². The third kappa shape index (κ3) is 5.19. The largest absolute Gasteiger partial charge is 0.463 e. The summed E-state index contributed by atoms with van der Waals surface area (Å²) in [7, 11) is 0. The van der Waals surface area contributed by atoms with E-state index in [-0.39, 0.29) is 31.8 Å². The van der Waals surface area contributed by atoms with Crippen molar-refractivity contribution in [2.75, 3.05) is 26.4 Å². The van der Waals surface area contributed by atoms with Crippen molar-refractivity contribution in [3.8, 4) is 0 Å². The summed E-state index contributed by atoms with van der Waals surface area (Å²) < 4.78 is 20.1. The van der Waals surface area contributed by atoms with Gasteiger partial charge in [-0.25, -0.2) is 4.79 Å². The number of ether oxygens (including phenoxy) is 4. The summed E-state index contributed by atoms with van der Waals surface area (Å²) >= 11 is 0. The average Bonchev–Trinajstić information content (AvgIpc) is 3.40. The van der Waals surface area contributed by atoms with Gasteiger partial charge in [-0.2, -0.15) is 0 Å². The lowest BCUT2D eigenvalue weighted by Crippen LogP contribution is -2.38. The monoisotopic (exact) mass is 338 g/mol. The summed E-state index contributed by atoms with van der Waals surface area (Å²) in [5.41, 5.74) is 0. The summed E-state index contributed by atoms with van der Waals surface area (Å²) in [5.74, 6) is -2.82. The van der Waals surface area contributed by atoms with Crippen LogP contribution in [-0.2, 0) is 33.3 Å². The summed E-state index contributed by atoms with van der Waals surface area (Å²) in [4.78, 5) is 35.5. The minimum atomic E-state index is -0.613. The highest BCUT2D eigenvalue weighted by Crippen LogP contribution is 2.32. The highest BCUT2D eigenvalue weighted by Gasteiger charge is 2.40. The molecule has 132 valence electrons. The quantitative estimate of drug-likeness (QED) is 0.163. The predicted molar refractivity (Wildman–Crippen MR) is 82.7 cm³/mol. The van der Waals surface area contributed by atoms with Crippen LogP contribution < -0.4 is 0 Å². The van der Waals surface area contributed by atoms with Gasteiger partial charge in [0.2, 0.25) is 0 Å². The molecule has 0 aromatic carbocycles. The molecule has 1 saturated heterocycles. The third-order valence-corrected chi connectivity index (χ3v) is 3.96. The van der Waals surface area contributed by atoms with Gasteiger partial charge in [-0.15, -0.1) is 0 Å². The second-order valence-corrected chi connectivity index (χ2v) is 5.78. The van der Waals surface area contributed by atoms with Crippen molar-refractivity contribution in [1.82, 2.24) is 0 Å². The summed E-state index contributed by atoms with van der Waals surface area (Å²) in [6.07, 6.45) is 5.21. The predicted octanol–water partition coefficient (Wildman–Crippen LogP) is 1.03. The Bertz CT molecular complexity index is 521. The number of allylic oxidation sites excluding steroid dienone is 2. The highest BCUT2D eigenvalue weighted by atomic mass is 16.6. The molecule has 0 bridgehead atoms. The zero-order valence-electron chi connectivity index (χ0n) is 13.6. The molecule has 0 spiro atoms. The van der Waals surface area contributed by atoms with Crippen molar-refractivity contribution < 1.29 is 33.3 Å². The van der Waals surface area contributed by atoms with Crippen molar-refractivity contribution in [1.29, 1.82) is 0 Å². The summed E-state index contributed by atoms with van der Waals surface area (Å²) in [5, 5.41) is 0. The van der Waals surface area contributed by atoms with E-state index in [1.807, 2.05) is 19.1 Å². The van der Waals surface area contributed by atoms with Crippen molar-refractivity contribution in [3.05, 3.63) is 24.8 Å². The lowest BCUT2D eigenvalue weighted by Gasteiger charge is -2.29. The molecular weight excluding hydrogens is 316 g/mol. The van der Waals surface area contributed by atoms with E-state index in [1.165, 1.54) is 0 Å². The molecule has 2 aliphatic rings. The molecule has 1 aliphatic carbocycles. The number of epoxide rings is 1. The smallest absolute Gasteiger partial charge is 0.330 e. The number of carbonyl (C=O) groups is 3. The van der Waals surface area contributed by atoms with Crippen molar-refractivity contribution in [2.45, 2.75) is 19.4 Å². The van der Waals surface area contributed by atoms with Crippen LogP contribution in [0.1, 0.15) is 13.3 Å². The number of rotatable bonds is 8. The van der Waals surface area contributed by atoms with E-state index >= 15 is 0 Å². The average molecular weight is 338 g/mol. The molecule has 0 aromatic rings. The van der Waals surface area contributed by atoms with Crippen LogP contribution in [-0.4, -0.2) is 50.4 Å². The lowest BCUT2D eigenvalue weighted by atomic mass is 9.76. The molecule has 4 atom stereocenters. The van der Waals surface area contributed by atoms with Gasteiger partial charge in [0.1, 0.15) is 25.9 Å². The molecule has 2 rings (SSSR count). The minimum absolute atomic E-state index is 0.0181. The fourth-order valence-electron chi connectivity index (χ4n) is 2.58. The van der Waals surface area contributed by atoms with Crippen molar-refractivity contribution >= 4 is 17.9 Å². The first-order chi connectivity index (χ1) is 11.5. The molecule has 1 fully saturated rings. The van der Waals surface area contributed by atoms with Crippen LogP contribution in [0.25, 0.3) is 0 Å². The Morgan fingerprint density at radius 3 is 2.58 bits per heavy atom. The summed E-state index contributed by atoms with van der Waals surface area (Å²) in [6, 6.07) is 0. The van der Waals surface area contributed by atoms with Gasteiger partial charge in [-0.3, -0.25) is 9.59 Å². The van der Waals surface area contributed by atoms with Crippen LogP contribution in [0.15, 0.2) is 24.8 Å². The van der Waals surface area contributed by atoms with E-state index in [0.717, 1.165) is 6.08 Å². The van der Waals surface area contributed by atoms with Crippen LogP contribution in [0.2, 0.25) is 0 Å². The molecule has 1 aliphatic heterocycles. The highest BCUT2D eigenvalue weighted by molar-refractivity contribution is 5.83.